The fourth-order valence-corrected chi connectivity index (χ4v) is 4.36. The van der Waals surface area contributed by atoms with Crippen molar-refractivity contribution in [3.8, 4) is 0 Å². The number of Topliss-reactive ketones (excluding diaryl/α,β-unsaturated/α-hetero) is 1. The van der Waals surface area contributed by atoms with Gasteiger partial charge in [0.2, 0.25) is 5.78 Å². The summed E-state index contributed by atoms with van der Waals surface area (Å²) < 4.78 is 2.10. The number of fused-ring (bicyclic) bond motifs is 1. The third kappa shape index (κ3) is 2.88. The van der Waals surface area contributed by atoms with Crippen molar-refractivity contribution in [2.45, 2.75) is 32.2 Å². The second-order valence-corrected chi connectivity index (χ2v) is 7.15. The van der Waals surface area contributed by atoms with E-state index < -0.39 is 0 Å². The van der Waals surface area contributed by atoms with Crippen LogP contribution in [-0.2, 0) is 0 Å². The van der Waals surface area contributed by atoms with Crippen LogP contribution in [0.1, 0.15) is 36.5 Å². The molecule has 2 fully saturated rings. The van der Waals surface area contributed by atoms with Gasteiger partial charge >= 0.3 is 0 Å². The molecule has 2 aliphatic rings. The maximum Gasteiger partial charge on any atom is 0.216 e. The first-order valence-electron chi connectivity index (χ1n) is 7.25. The number of quaternary nitrogens is 1. The maximum atomic E-state index is 12.5. The van der Waals surface area contributed by atoms with Crippen molar-refractivity contribution < 1.29 is 26.3 Å². The molecule has 0 aromatic heterocycles. The van der Waals surface area contributed by atoms with Crippen molar-refractivity contribution in [2.75, 3.05) is 19.6 Å². The van der Waals surface area contributed by atoms with Gasteiger partial charge in [-0.1, -0.05) is 35.0 Å². The van der Waals surface area contributed by atoms with Crippen LogP contribution < -0.4 is 17.0 Å². The van der Waals surface area contributed by atoms with Crippen molar-refractivity contribution in [3.05, 3.63) is 34.3 Å². The zero-order valence-corrected chi connectivity index (χ0v) is 15.0. The summed E-state index contributed by atoms with van der Waals surface area (Å²) in [5.74, 6) is 1.11. The summed E-state index contributed by atoms with van der Waals surface area (Å²) in [6, 6.07) is 8.53. The van der Waals surface area contributed by atoms with E-state index >= 15 is 0 Å². The predicted octanol–water partition coefficient (Wildman–Crippen LogP) is 0.655. The van der Waals surface area contributed by atoms with E-state index in [0.29, 0.717) is 12.3 Å². The van der Waals surface area contributed by atoms with E-state index in [1.54, 1.807) is 0 Å². The Balaban J connectivity index is 0.00000147. The summed E-state index contributed by atoms with van der Waals surface area (Å²) >= 11 is 3.42. The lowest BCUT2D eigenvalue weighted by molar-refractivity contribution is -0.921. The first kappa shape index (κ1) is 16.2. The van der Waals surface area contributed by atoms with E-state index in [0.717, 1.165) is 26.5 Å². The zero-order chi connectivity index (χ0) is 13.5. The quantitative estimate of drug-likeness (QED) is 0.536. The van der Waals surface area contributed by atoms with Gasteiger partial charge in [-0.05, 0) is 12.1 Å². The van der Waals surface area contributed by atoms with Crippen LogP contribution in [0.4, 0.5) is 0 Å². The molecule has 2 heterocycles. The van der Waals surface area contributed by atoms with E-state index in [-0.39, 0.29) is 17.0 Å². The normalized spacial score (nSPS) is 31.7. The van der Waals surface area contributed by atoms with Gasteiger partial charge in [-0.2, -0.15) is 0 Å². The highest BCUT2D eigenvalue weighted by atomic mass is 79.9. The number of carbonyl (C=O) groups is 1. The Morgan fingerprint density at radius 3 is 2.65 bits per heavy atom. The van der Waals surface area contributed by atoms with Crippen LogP contribution in [0.25, 0.3) is 0 Å². The fraction of sp³-hybridized carbons (Fsp3) is 0.562. The average molecular weight is 403 g/mol. The molecule has 20 heavy (non-hydrogen) atoms. The van der Waals surface area contributed by atoms with E-state index in [9.17, 15) is 4.79 Å². The molecule has 110 valence electrons. The summed E-state index contributed by atoms with van der Waals surface area (Å²) in [6.45, 7) is 5.47. The van der Waals surface area contributed by atoms with E-state index in [4.69, 9.17) is 0 Å². The molecular formula is C16H21Br2NO. The molecule has 3 rings (SSSR count). The topological polar surface area (TPSA) is 17.1 Å². The van der Waals surface area contributed by atoms with Crippen molar-refractivity contribution >= 4 is 21.7 Å². The Bertz CT molecular complexity index is 488. The molecule has 1 aromatic rings. The van der Waals surface area contributed by atoms with Crippen LogP contribution >= 0.6 is 15.9 Å². The van der Waals surface area contributed by atoms with E-state index in [1.165, 1.54) is 32.4 Å². The first-order chi connectivity index (χ1) is 9.11. The number of rotatable bonds is 3. The van der Waals surface area contributed by atoms with Crippen molar-refractivity contribution in [2.24, 2.45) is 5.92 Å². The fourth-order valence-electron chi connectivity index (χ4n) is 4.10. The van der Waals surface area contributed by atoms with Crippen molar-refractivity contribution in [1.29, 1.82) is 0 Å². The van der Waals surface area contributed by atoms with Gasteiger partial charge in [0, 0.05) is 35.2 Å². The Hall–Kier alpha value is -0.190. The number of ketones is 1. The third-order valence-corrected chi connectivity index (χ3v) is 5.65. The molecular weight excluding hydrogens is 382 g/mol. The summed E-state index contributed by atoms with van der Waals surface area (Å²) in [5.41, 5.74) is 0.862. The van der Waals surface area contributed by atoms with Gasteiger partial charge in [-0.25, -0.2) is 0 Å². The zero-order valence-electron chi connectivity index (χ0n) is 11.8. The van der Waals surface area contributed by atoms with Crippen LogP contribution in [0.2, 0.25) is 0 Å². The molecule has 3 unspecified atom stereocenters. The molecule has 0 spiro atoms. The van der Waals surface area contributed by atoms with Crippen molar-refractivity contribution in [3.63, 3.8) is 0 Å². The van der Waals surface area contributed by atoms with Crippen LogP contribution in [0.5, 0.6) is 0 Å². The van der Waals surface area contributed by atoms with Gasteiger partial charge < -0.3 is 21.5 Å². The highest BCUT2D eigenvalue weighted by Crippen LogP contribution is 2.40. The lowest BCUT2D eigenvalue weighted by Gasteiger charge is -2.35. The van der Waals surface area contributed by atoms with Crippen LogP contribution in [0.3, 0.4) is 0 Å². The van der Waals surface area contributed by atoms with Crippen LogP contribution in [0, 0.1) is 5.92 Å². The molecule has 2 aliphatic heterocycles. The number of benzene rings is 1. The Morgan fingerprint density at radius 2 is 1.95 bits per heavy atom. The Labute approximate surface area is 140 Å². The van der Waals surface area contributed by atoms with Crippen LogP contribution in [-0.4, -0.2) is 35.9 Å². The summed E-state index contributed by atoms with van der Waals surface area (Å²) in [5, 5.41) is 0. The molecule has 0 saturated carbocycles. The van der Waals surface area contributed by atoms with Crippen LogP contribution in [0.15, 0.2) is 28.7 Å². The SMILES string of the molecule is CC1CC[N+]2(CC(=O)c3ccc(Br)cc3)CCCC12.[Br-]. The monoisotopic (exact) mass is 401 g/mol. The highest BCUT2D eigenvalue weighted by Gasteiger charge is 2.50. The summed E-state index contributed by atoms with van der Waals surface area (Å²) in [7, 11) is 0. The average Bonchev–Trinajstić information content (AvgIpc) is 2.92. The Kier molecular flexibility index (Phi) is 5.09. The molecule has 1 aromatic carbocycles. The minimum Gasteiger partial charge on any atom is -1.00 e. The first-order valence-corrected chi connectivity index (χ1v) is 8.05. The molecule has 2 nitrogen and oxygen atoms in total. The van der Waals surface area contributed by atoms with Gasteiger partial charge in [0.1, 0.15) is 6.54 Å². The molecule has 0 bridgehead atoms. The largest absolute Gasteiger partial charge is 1.00 e. The van der Waals surface area contributed by atoms with Gasteiger partial charge in [0.05, 0.1) is 19.1 Å². The molecule has 2 saturated heterocycles. The number of halogens is 2. The number of nitrogens with zero attached hydrogens (tertiary/aromatic N) is 1. The smallest absolute Gasteiger partial charge is 0.216 e. The molecule has 3 atom stereocenters. The molecule has 0 N–H and O–H groups in total. The minimum atomic E-state index is 0. The summed E-state index contributed by atoms with van der Waals surface area (Å²) in [6.07, 6.45) is 3.90. The van der Waals surface area contributed by atoms with E-state index in [2.05, 4.69) is 22.9 Å². The lowest BCUT2D eigenvalue weighted by Crippen LogP contribution is -3.00. The minimum absolute atomic E-state index is 0. The molecule has 0 amide bonds. The third-order valence-electron chi connectivity index (χ3n) is 5.12. The van der Waals surface area contributed by atoms with Gasteiger partial charge in [0.15, 0.2) is 0 Å². The lowest BCUT2D eigenvalue weighted by atomic mass is 10.0. The van der Waals surface area contributed by atoms with E-state index in [1.807, 2.05) is 24.3 Å². The highest BCUT2D eigenvalue weighted by molar-refractivity contribution is 9.10. The molecule has 0 aliphatic carbocycles. The van der Waals surface area contributed by atoms with Gasteiger partial charge in [0.25, 0.3) is 0 Å². The van der Waals surface area contributed by atoms with Crippen molar-refractivity contribution in [1.82, 2.24) is 0 Å². The number of carbonyl (C=O) groups excluding carboxylic acids is 1. The van der Waals surface area contributed by atoms with Gasteiger partial charge in [-0.15, -0.1) is 0 Å². The second kappa shape index (κ2) is 6.29. The van der Waals surface area contributed by atoms with Gasteiger partial charge in [-0.3, -0.25) is 4.79 Å². The summed E-state index contributed by atoms with van der Waals surface area (Å²) in [4.78, 5) is 12.5. The predicted molar refractivity (Wildman–Crippen MR) is 80.1 cm³/mol. The molecule has 0 radical (unpaired) electrons. The second-order valence-electron chi connectivity index (χ2n) is 6.23. The number of hydrogen-bond donors (Lipinski definition) is 0. The molecule has 4 heteroatoms. The Morgan fingerprint density at radius 1 is 1.25 bits per heavy atom. The maximum absolute atomic E-state index is 12.5. The number of hydrogen-bond acceptors (Lipinski definition) is 1. The standard InChI is InChI=1S/C16H21BrNO.BrH/c1-12-8-10-18(9-2-3-15(12)18)11-16(19)13-4-6-14(17)7-5-13;/h4-7,12,15H,2-3,8-11H2,1H3;1H/q+1;/p-1.